The number of hydrogen-bond donors (Lipinski definition) is 0. The zero-order valence-corrected chi connectivity index (χ0v) is 7.18. The van der Waals surface area contributed by atoms with Crippen LogP contribution in [0.15, 0.2) is 0 Å². The topological polar surface area (TPSA) is 9.23 Å². The molecule has 0 bridgehead atoms. The van der Waals surface area contributed by atoms with Crippen LogP contribution in [-0.4, -0.2) is 28.2 Å². The Hall–Kier alpha value is 0.759. The molecule has 0 N–H and O–H groups in total. The van der Waals surface area contributed by atoms with Crippen molar-refractivity contribution in [2.75, 3.05) is 6.61 Å². The van der Waals surface area contributed by atoms with Crippen molar-refractivity contribution in [3.05, 3.63) is 0 Å². The second kappa shape index (κ2) is 5.76. The Morgan fingerprint density at radius 1 is 1.50 bits per heavy atom. The van der Waals surface area contributed by atoms with Crippen molar-refractivity contribution in [2.45, 2.75) is 18.3 Å². The van der Waals surface area contributed by atoms with E-state index in [0.717, 1.165) is 6.61 Å². The van der Waals surface area contributed by atoms with Crippen molar-refractivity contribution in [1.82, 2.24) is 0 Å². The zero-order chi connectivity index (χ0) is 4.83. The maximum atomic E-state index is 5.15. The van der Waals surface area contributed by atoms with Crippen LogP contribution in [0.3, 0.4) is 0 Å². The molecule has 0 aromatic rings. The van der Waals surface area contributed by atoms with Gasteiger partial charge in [-0.1, -0.05) is 0 Å². The normalized spacial score (nSPS) is 9.00. The third kappa shape index (κ3) is 4.76. The molecule has 6 heavy (non-hydrogen) atoms. The summed E-state index contributed by atoms with van der Waals surface area (Å²) in [5.74, 6) is 0. The van der Waals surface area contributed by atoms with Crippen molar-refractivity contribution in [1.29, 1.82) is 0 Å². The van der Waals surface area contributed by atoms with Gasteiger partial charge in [-0.05, 0) is 0 Å². The summed E-state index contributed by atoms with van der Waals surface area (Å²) in [6.07, 6.45) is 0. The molecule has 0 saturated carbocycles. The van der Waals surface area contributed by atoms with E-state index in [1.165, 1.54) is 4.44 Å². The van der Waals surface area contributed by atoms with Gasteiger partial charge in [0, 0.05) is 0 Å². The first kappa shape index (κ1) is 6.76. The molecule has 0 atom stereocenters. The van der Waals surface area contributed by atoms with Gasteiger partial charge in [-0.25, -0.2) is 0 Å². The third-order valence-electron chi connectivity index (χ3n) is 0.391. The van der Waals surface area contributed by atoms with Crippen LogP contribution in [0.1, 0.15) is 13.8 Å². The molecule has 0 fully saturated rings. The van der Waals surface area contributed by atoms with E-state index in [1.807, 2.05) is 0 Å². The molecule has 0 aliphatic rings. The summed E-state index contributed by atoms with van der Waals surface area (Å²) < 4.78 is 6.46. The van der Waals surface area contributed by atoms with Crippen LogP contribution in [-0.2, 0) is 3.07 Å². The van der Waals surface area contributed by atoms with Crippen molar-refractivity contribution >= 4 is 21.6 Å². The molecule has 1 nitrogen and oxygen atoms in total. The van der Waals surface area contributed by atoms with Gasteiger partial charge in [-0.3, -0.25) is 0 Å². The summed E-state index contributed by atoms with van der Waals surface area (Å²) in [4.78, 5) is 0. The Bertz CT molecular complexity index is 19.5. The predicted octanol–water partition coefficient (Wildman–Crippen LogP) is 1.08. The first-order valence-corrected chi connectivity index (χ1v) is 5.44. The van der Waals surface area contributed by atoms with Gasteiger partial charge < -0.3 is 0 Å². The molecular weight excluding hydrogens is 183 g/mol. The van der Waals surface area contributed by atoms with Crippen LogP contribution in [0.5, 0.6) is 0 Å². The Labute approximate surface area is 49.8 Å². The van der Waals surface area contributed by atoms with Crippen molar-refractivity contribution in [3.8, 4) is 0 Å². The Morgan fingerprint density at radius 3 is 2.33 bits per heavy atom. The second-order valence-electron chi connectivity index (χ2n) is 0.931. The Kier molecular flexibility index (Phi) is 6.49. The van der Waals surface area contributed by atoms with E-state index >= 15 is 0 Å². The SMILES string of the molecule is CC[O][Sn][CH2]C. The number of rotatable bonds is 3. The van der Waals surface area contributed by atoms with Crippen LogP contribution < -0.4 is 0 Å². The summed E-state index contributed by atoms with van der Waals surface area (Å²) >= 11 is -0.300. The Morgan fingerprint density at radius 2 is 2.17 bits per heavy atom. The third-order valence-corrected chi connectivity index (χ3v) is 2.62. The summed E-state index contributed by atoms with van der Waals surface area (Å²) in [6.45, 7) is 5.17. The molecule has 0 aliphatic heterocycles. The first-order valence-electron chi connectivity index (χ1n) is 2.26. The van der Waals surface area contributed by atoms with E-state index in [4.69, 9.17) is 3.07 Å². The molecule has 0 aromatic carbocycles. The first-order chi connectivity index (χ1) is 2.91. The van der Waals surface area contributed by atoms with Gasteiger partial charge in [0.25, 0.3) is 0 Å². The van der Waals surface area contributed by atoms with Gasteiger partial charge in [0.05, 0.1) is 0 Å². The quantitative estimate of drug-likeness (QED) is 0.481. The molecule has 0 saturated heterocycles. The fourth-order valence-electron chi connectivity index (χ4n) is 0.204. The average molecular weight is 193 g/mol. The molecular formula is C4H10OSn. The summed E-state index contributed by atoms with van der Waals surface area (Å²) in [5, 5.41) is 0. The van der Waals surface area contributed by atoms with Gasteiger partial charge >= 0.3 is 49.5 Å². The van der Waals surface area contributed by atoms with E-state index < -0.39 is 0 Å². The molecule has 0 aromatic heterocycles. The van der Waals surface area contributed by atoms with Gasteiger partial charge in [0.2, 0.25) is 0 Å². The van der Waals surface area contributed by atoms with Crippen LogP contribution in [0.25, 0.3) is 0 Å². The summed E-state index contributed by atoms with van der Waals surface area (Å²) in [6, 6.07) is 0. The number of hydrogen-bond acceptors (Lipinski definition) is 1. The van der Waals surface area contributed by atoms with Crippen molar-refractivity contribution in [2.24, 2.45) is 0 Å². The molecule has 0 spiro atoms. The fraction of sp³-hybridized carbons (Fsp3) is 1.00. The zero-order valence-electron chi connectivity index (χ0n) is 4.32. The van der Waals surface area contributed by atoms with Crippen LogP contribution in [0.4, 0.5) is 0 Å². The standard InChI is InChI=1S/C2H5O.C2H5.Sn/c1-2-3;1-2;/h2H2,1H3;1H2,2H3;/q-1;;+1. The molecule has 2 radical (unpaired) electrons. The maximum absolute atomic E-state index is 5.15. The molecule has 0 aliphatic carbocycles. The van der Waals surface area contributed by atoms with Crippen molar-refractivity contribution in [3.63, 3.8) is 0 Å². The van der Waals surface area contributed by atoms with E-state index in [1.54, 1.807) is 0 Å². The fourth-order valence-corrected chi connectivity index (χ4v) is 1.37. The molecule has 0 unspecified atom stereocenters. The van der Waals surface area contributed by atoms with Gasteiger partial charge in [-0.15, -0.1) is 0 Å². The minimum atomic E-state index is -0.300. The summed E-state index contributed by atoms with van der Waals surface area (Å²) in [7, 11) is 0. The Balaban J connectivity index is 2.34. The molecule has 36 valence electrons. The average Bonchev–Trinajstić information content (AvgIpc) is 1.61. The monoisotopic (exact) mass is 194 g/mol. The van der Waals surface area contributed by atoms with Crippen molar-refractivity contribution < 1.29 is 3.07 Å². The van der Waals surface area contributed by atoms with Crippen LogP contribution >= 0.6 is 0 Å². The molecule has 2 heteroatoms. The van der Waals surface area contributed by atoms with E-state index in [9.17, 15) is 0 Å². The molecule has 0 rings (SSSR count). The predicted molar refractivity (Wildman–Crippen MR) is 27.9 cm³/mol. The van der Waals surface area contributed by atoms with Gasteiger partial charge in [-0.2, -0.15) is 0 Å². The van der Waals surface area contributed by atoms with Gasteiger partial charge in [0.1, 0.15) is 0 Å². The minimum absolute atomic E-state index is 0.300. The van der Waals surface area contributed by atoms with E-state index in [2.05, 4.69) is 13.8 Å². The second-order valence-corrected chi connectivity index (χ2v) is 4.60. The molecule has 0 heterocycles. The van der Waals surface area contributed by atoms with Crippen LogP contribution in [0, 0.1) is 0 Å². The molecule has 0 amide bonds. The van der Waals surface area contributed by atoms with E-state index in [-0.39, 0.29) is 21.6 Å². The van der Waals surface area contributed by atoms with E-state index in [0.29, 0.717) is 0 Å². The summed E-state index contributed by atoms with van der Waals surface area (Å²) in [5.41, 5.74) is 0. The van der Waals surface area contributed by atoms with Crippen LogP contribution in [0.2, 0.25) is 4.44 Å². The van der Waals surface area contributed by atoms with Gasteiger partial charge in [0.15, 0.2) is 0 Å².